The van der Waals surface area contributed by atoms with E-state index in [1.807, 2.05) is 13.8 Å². The number of amidine groups is 1. The molecule has 100 valence electrons. The fourth-order valence-electron chi connectivity index (χ4n) is 1.72. The second kappa shape index (κ2) is 6.04. The van der Waals surface area contributed by atoms with E-state index in [4.69, 9.17) is 10.9 Å². The Hall–Kier alpha value is -2.05. The van der Waals surface area contributed by atoms with Crippen molar-refractivity contribution < 1.29 is 10.0 Å². The van der Waals surface area contributed by atoms with Gasteiger partial charge in [-0.05, 0) is 19.4 Å². The molecule has 0 aliphatic heterocycles. The molecule has 1 amide bonds. The Morgan fingerprint density at radius 2 is 2.33 bits per heavy atom. The molecule has 0 aliphatic carbocycles. The first-order valence-corrected chi connectivity index (χ1v) is 5.75. The van der Waals surface area contributed by atoms with Crippen molar-refractivity contribution in [2.75, 3.05) is 13.1 Å². The molecular formula is C11H19N5O2. The van der Waals surface area contributed by atoms with Crippen LogP contribution in [0.1, 0.15) is 29.5 Å². The Balaban J connectivity index is 2.92. The number of aryl methyl sites for hydroxylation is 2. The zero-order chi connectivity index (χ0) is 13.7. The summed E-state index contributed by atoms with van der Waals surface area (Å²) in [5.74, 6) is -0.165. The summed E-state index contributed by atoms with van der Waals surface area (Å²) in [4.78, 5) is 13.8. The van der Waals surface area contributed by atoms with Gasteiger partial charge in [0.15, 0.2) is 5.84 Å². The maximum atomic E-state index is 12.3. The van der Waals surface area contributed by atoms with Crippen molar-refractivity contribution in [2.45, 2.75) is 20.3 Å². The summed E-state index contributed by atoms with van der Waals surface area (Å²) < 4.78 is 1.53. The number of hydrogen-bond acceptors (Lipinski definition) is 4. The number of aromatic nitrogens is 2. The van der Waals surface area contributed by atoms with Crippen LogP contribution in [-0.4, -0.2) is 44.7 Å². The molecule has 0 atom stereocenters. The molecule has 3 N–H and O–H groups in total. The van der Waals surface area contributed by atoms with Crippen LogP contribution in [0.2, 0.25) is 0 Å². The molecule has 7 heteroatoms. The molecule has 1 heterocycles. The van der Waals surface area contributed by atoms with Crippen LogP contribution < -0.4 is 5.73 Å². The van der Waals surface area contributed by atoms with Gasteiger partial charge in [0.25, 0.3) is 5.91 Å². The third-order valence-corrected chi connectivity index (χ3v) is 2.48. The Kier molecular flexibility index (Phi) is 4.70. The second-order valence-electron chi connectivity index (χ2n) is 4.11. The van der Waals surface area contributed by atoms with Crippen LogP contribution in [0.5, 0.6) is 0 Å². The van der Waals surface area contributed by atoms with E-state index in [1.54, 1.807) is 13.1 Å². The molecule has 0 fully saturated rings. The maximum Gasteiger partial charge on any atom is 0.272 e. The molecule has 0 saturated carbocycles. The molecular weight excluding hydrogens is 234 g/mol. The number of amides is 1. The molecule has 1 aromatic heterocycles. The standard InChI is InChI=1S/C11H19N5O2/c1-4-5-16(7-10(12)14-18)11(17)9-6-8(2)13-15(9)3/h6,18H,4-5,7H2,1-3H3,(H2,12,14). The summed E-state index contributed by atoms with van der Waals surface area (Å²) in [6, 6.07) is 1.72. The third-order valence-electron chi connectivity index (χ3n) is 2.48. The van der Waals surface area contributed by atoms with Crippen molar-refractivity contribution in [3.8, 4) is 0 Å². The molecule has 0 aromatic carbocycles. The molecule has 0 spiro atoms. The Bertz CT molecular complexity index is 452. The fourth-order valence-corrected chi connectivity index (χ4v) is 1.72. The lowest BCUT2D eigenvalue weighted by Gasteiger charge is -2.21. The molecule has 1 rings (SSSR count). The van der Waals surface area contributed by atoms with E-state index >= 15 is 0 Å². The lowest BCUT2D eigenvalue weighted by molar-refractivity contribution is 0.0767. The van der Waals surface area contributed by atoms with Crippen LogP contribution in [0.3, 0.4) is 0 Å². The minimum absolute atomic E-state index is 0.00990. The summed E-state index contributed by atoms with van der Waals surface area (Å²) in [6.45, 7) is 4.43. The zero-order valence-corrected chi connectivity index (χ0v) is 10.9. The Morgan fingerprint density at radius 1 is 1.67 bits per heavy atom. The predicted molar refractivity (Wildman–Crippen MR) is 67.5 cm³/mol. The van der Waals surface area contributed by atoms with Gasteiger partial charge in [-0.1, -0.05) is 12.1 Å². The van der Waals surface area contributed by atoms with Gasteiger partial charge in [-0.25, -0.2) is 0 Å². The third kappa shape index (κ3) is 3.22. The van der Waals surface area contributed by atoms with E-state index in [2.05, 4.69) is 10.3 Å². The first-order chi connectivity index (χ1) is 8.49. The van der Waals surface area contributed by atoms with Crippen molar-refractivity contribution in [2.24, 2.45) is 17.9 Å². The van der Waals surface area contributed by atoms with Gasteiger partial charge in [0.2, 0.25) is 0 Å². The van der Waals surface area contributed by atoms with E-state index in [0.29, 0.717) is 12.2 Å². The van der Waals surface area contributed by atoms with Gasteiger partial charge in [-0.15, -0.1) is 0 Å². The molecule has 0 aliphatic rings. The molecule has 18 heavy (non-hydrogen) atoms. The highest BCUT2D eigenvalue weighted by molar-refractivity contribution is 5.95. The van der Waals surface area contributed by atoms with Gasteiger partial charge in [-0.3, -0.25) is 9.48 Å². The first-order valence-electron chi connectivity index (χ1n) is 5.75. The first kappa shape index (κ1) is 14.0. The van der Waals surface area contributed by atoms with E-state index in [-0.39, 0.29) is 18.3 Å². The highest BCUT2D eigenvalue weighted by atomic mass is 16.4. The number of carbonyl (C=O) groups is 1. The highest BCUT2D eigenvalue weighted by Gasteiger charge is 2.19. The van der Waals surface area contributed by atoms with Crippen LogP contribution in [-0.2, 0) is 7.05 Å². The zero-order valence-electron chi connectivity index (χ0n) is 10.9. The van der Waals surface area contributed by atoms with Gasteiger partial charge in [0.05, 0.1) is 12.2 Å². The largest absolute Gasteiger partial charge is 0.409 e. The SMILES string of the molecule is CCCN(CC(N)=NO)C(=O)c1cc(C)nn1C. The molecule has 0 saturated heterocycles. The van der Waals surface area contributed by atoms with Crippen molar-refractivity contribution in [3.63, 3.8) is 0 Å². The monoisotopic (exact) mass is 253 g/mol. The molecule has 0 unspecified atom stereocenters. The molecule has 0 bridgehead atoms. The smallest absolute Gasteiger partial charge is 0.272 e. The Morgan fingerprint density at radius 3 is 2.78 bits per heavy atom. The number of hydrogen-bond donors (Lipinski definition) is 2. The maximum absolute atomic E-state index is 12.3. The highest BCUT2D eigenvalue weighted by Crippen LogP contribution is 2.07. The number of nitrogens with zero attached hydrogens (tertiary/aromatic N) is 4. The number of nitrogens with two attached hydrogens (primary N) is 1. The van der Waals surface area contributed by atoms with Gasteiger partial charge >= 0.3 is 0 Å². The minimum atomic E-state index is -0.174. The number of carbonyl (C=O) groups excluding carboxylic acids is 1. The van der Waals surface area contributed by atoms with Crippen LogP contribution in [0.15, 0.2) is 11.2 Å². The average molecular weight is 253 g/mol. The lowest BCUT2D eigenvalue weighted by atomic mass is 10.3. The summed E-state index contributed by atoms with van der Waals surface area (Å²) in [5.41, 5.74) is 6.72. The summed E-state index contributed by atoms with van der Waals surface area (Å²) in [7, 11) is 1.72. The van der Waals surface area contributed by atoms with Crippen molar-refractivity contribution in [1.29, 1.82) is 0 Å². The van der Waals surface area contributed by atoms with Crippen LogP contribution >= 0.6 is 0 Å². The van der Waals surface area contributed by atoms with E-state index in [1.165, 1.54) is 9.58 Å². The second-order valence-corrected chi connectivity index (χ2v) is 4.11. The minimum Gasteiger partial charge on any atom is -0.409 e. The summed E-state index contributed by atoms with van der Waals surface area (Å²) >= 11 is 0. The molecule has 1 aromatic rings. The van der Waals surface area contributed by atoms with Crippen molar-refractivity contribution >= 4 is 11.7 Å². The molecule has 7 nitrogen and oxygen atoms in total. The van der Waals surface area contributed by atoms with Gasteiger partial charge in [0.1, 0.15) is 5.69 Å². The summed E-state index contributed by atoms with van der Waals surface area (Å²) in [6.07, 6.45) is 0.793. The van der Waals surface area contributed by atoms with Gasteiger partial charge < -0.3 is 15.8 Å². The fraction of sp³-hybridized carbons (Fsp3) is 0.545. The molecule has 0 radical (unpaired) electrons. The van der Waals surface area contributed by atoms with Crippen LogP contribution in [0.25, 0.3) is 0 Å². The quantitative estimate of drug-likeness (QED) is 0.342. The van der Waals surface area contributed by atoms with Crippen molar-refractivity contribution in [1.82, 2.24) is 14.7 Å². The van der Waals surface area contributed by atoms with Gasteiger partial charge in [-0.2, -0.15) is 5.10 Å². The topological polar surface area (TPSA) is 96.7 Å². The average Bonchev–Trinajstić information content (AvgIpc) is 2.66. The normalized spacial score (nSPS) is 11.6. The van der Waals surface area contributed by atoms with Crippen LogP contribution in [0.4, 0.5) is 0 Å². The predicted octanol–water partition coefficient (Wildman–Crippen LogP) is 0.327. The van der Waals surface area contributed by atoms with Crippen molar-refractivity contribution in [3.05, 3.63) is 17.5 Å². The van der Waals surface area contributed by atoms with E-state index < -0.39 is 0 Å². The Labute approximate surface area is 106 Å². The van der Waals surface area contributed by atoms with E-state index in [9.17, 15) is 4.79 Å². The van der Waals surface area contributed by atoms with E-state index in [0.717, 1.165) is 12.1 Å². The van der Waals surface area contributed by atoms with Crippen LogP contribution in [0, 0.1) is 6.92 Å². The number of rotatable bonds is 5. The summed E-state index contributed by atoms with van der Waals surface area (Å²) in [5, 5.41) is 15.6. The lowest BCUT2D eigenvalue weighted by Crippen LogP contribution is -2.39. The number of oxime groups is 1. The van der Waals surface area contributed by atoms with Gasteiger partial charge in [0, 0.05) is 13.6 Å².